The van der Waals surface area contributed by atoms with Crippen LogP contribution in [0.25, 0.3) is 16.8 Å². The highest BCUT2D eigenvalue weighted by Crippen LogP contribution is 2.40. The van der Waals surface area contributed by atoms with Gasteiger partial charge in [-0.15, -0.1) is 6.58 Å². The Labute approximate surface area is 117 Å². The molecule has 0 radical (unpaired) electrons. The van der Waals surface area contributed by atoms with Gasteiger partial charge in [0.25, 0.3) is 0 Å². The Morgan fingerprint density at radius 2 is 1.90 bits per heavy atom. The lowest BCUT2D eigenvalue weighted by Gasteiger charge is -2.23. The van der Waals surface area contributed by atoms with Gasteiger partial charge in [0.2, 0.25) is 0 Å². The molecule has 4 heteroatoms. The summed E-state index contributed by atoms with van der Waals surface area (Å²) >= 11 is 0. The van der Waals surface area contributed by atoms with Gasteiger partial charge in [-0.2, -0.15) is 0 Å². The lowest BCUT2D eigenvalue weighted by molar-refractivity contribution is 0.395. The van der Waals surface area contributed by atoms with E-state index in [1.165, 1.54) is 6.08 Å². The van der Waals surface area contributed by atoms with Crippen molar-refractivity contribution in [3.8, 4) is 0 Å². The maximum atomic E-state index is 12.4. The summed E-state index contributed by atoms with van der Waals surface area (Å²) in [6, 6.07) is 11.2. The molecule has 0 aliphatic heterocycles. The number of aliphatic hydroxyl groups is 1. The van der Waals surface area contributed by atoms with E-state index in [2.05, 4.69) is 6.58 Å². The molecule has 0 heterocycles. The molecule has 1 atom stereocenters. The number of hydrogen-bond acceptors (Lipinski definition) is 3. The summed E-state index contributed by atoms with van der Waals surface area (Å²) in [6.45, 7) is 3.48. The molecule has 0 saturated heterocycles. The Morgan fingerprint density at radius 1 is 1.20 bits per heavy atom. The predicted molar refractivity (Wildman–Crippen MR) is 81.3 cm³/mol. The first kappa shape index (κ1) is 12.9. The minimum atomic E-state index is -3.51. The van der Waals surface area contributed by atoms with E-state index >= 15 is 0 Å². The molecule has 0 amide bonds. The van der Waals surface area contributed by atoms with Gasteiger partial charge in [-0.3, -0.25) is 0 Å². The van der Waals surface area contributed by atoms with E-state index in [1.54, 1.807) is 12.1 Å². The monoisotopic (exact) mass is 286 g/mol. The van der Waals surface area contributed by atoms with Gasteiger partial charge >= 0.3 is 0 Å². The molecule has 3 nitrogen and oxygen atoms in total. The maximum absolute atomic E-state index is 12.4. The van der Waals surface area contributed by atoms with Crippen LogP contribution in [-0.2, 0) is 9.84 Å². The molecule has 1 unspecified atom stereocenters. The van der Waals surface area contributed by atoms with E-state index in [0.29, 0.717) is 5.56 Å². The Bertz CT molecular complexity index is 827. The highest BCUT2D eigenvalue weighted by molar-refractivity contribution is 7.92. The lowest BCUT2D eigenvalue weighted by atomic mass is 9.92. The SMILES string of the molecule is C=CCS(=O)(=O)C1C(O)=Cc2cccc3cccc1c23. The van der Waals surface area contributed by atoms with Crippen molar-refractivity contribution < 1.29 is 13.5 Å². The molecule has 0 bridgehead atoms. The van der Waals surface area contributed by atoms with Gasteiger partial charge < -0.3 is 5.11 Å². The van der Waals surface area contributed by atoms with Crippen LogP contribution < -0.4 is 0 Å². The van der Waals surface area contributed by atoms with Crippen molar-refractivity contribution in [2.45, 2.75) is 5.25 Å². The molecule has 1 N–H and O–H groups in total. The van der Waals surface area contributed by atoms with E-state index in [-0.39, 0.29) is 11.5 Å². The fourth-order valence-electron chi connectivity index (χ4n) is 2.77. The van der Waals surface area contributed by atoms with Gasteiger partial charge in [-0.1, -0.05) is 42.5 Å². The van der Waals surface area contributed by atoms with Crippen molar-refractivity contribution in [3.05, 3.63) is 65.9 Å². The number of aliphatic hydroxyl groups excluding tert-OH is 1. The molecule has 0 saturated carbocycles. The van der Waals surface area contributed by atoms with Crippen LogP contribution in [-0.4, -0.2) is 19.3 Å². The normalized spacial score (nSPS) is 17.8. The van der Waals surface area contributed by atoms with Crippen LogP contribution in [0.4, 0.5) is 0 Å². The van der Waals surface area contributed by atoms with E-state index in [0.717, 1.165) is 16.3 Å². The van der Waals surface area contributed by atoms with Crippen molar-refractivity contribution in [1.29, 1.82) is 0 Å². The minimum Gasteiger partial charge on any atom is -0.511 e. The van der Waals surface area contributed by atoms with Crippen molar-refractivity contribution >= 4 is 26.7 Å². The highest BCUT2D eigenvalue weighted by atomic mass is 32.2. The van der Waals surface area contributed by atoms with E-state index in [4.69, 9.17) is 0 Å². The van der Waals surface area contributed by atoms with Crippen molar-refractivity contribution in [3.63, 3.8) is 0 Å². The minimum absolute atomic E-state index is 0.127. The Morgan fingerprint density at radius 3 is 2.60 bits per heavy atom. The number of sulfone groups is 1. The van der Waals surface area contributed by atoms with E-state index in [1.807, 2.05) is 30.3 Å². The van der Waals surface area contributed by atoms with Crippen LogP contribution in [0, 0.1) is 0 Å². The second kappa shape index (κ2) is 4.49. The van der Waals surface area contributed by atoms with Gasteiger partial charge in [-0.25, -0.2) is 8.42 Å². The molecular weight excluding hydrogens is 272 g/mol. The fourth-order valence-corrected chi connectivity index (χ4v) is 4.31. The van der Waals surface area contributed by atoms with Crippen molar-refractivity contribution in [2.24, 2.45) is 0 Å². The molecule has 20 heavy (non-hydrogen) atoms. The average Bonchev–Trinajstić information content (AvgIpc) is 2.38. The van der Waals surface area contributed by atoms with Crippen LogP contribution in [0.1, 0.15) is 16.4 Å². The highest BCUT2D eigenvalue weighted by Gasteiger charge is 2.34. The zero-order valence-electron chi connectivity index (χ0n) is 10.8. The topological polar surface area (TPSA) is 54.4 Å². The number of benzene rings is 2. The summed E-state index contributed by atoms with van der Waals surface area (Å²) < 4.78 is 24.7. The van der Waals surface area contributed by atoms with E-state index in [9.17, 15) is 13.5 Å². The summed E-state index contributed by atoms with van der Waals surface area (Å²) in [5.41, 5.74) is 1.49. The molecule has 0 spiro atoms. The predicted octanol–water partition coefficient (Wildman–Crippen LogP) is 3.39. The van der Waals surface area contributed by atoms with Crippen LogP contribution in [0.3, 0.4) is 0 Å². The third kappa shape index (κ3) is 1.84. The first-order valence-electron chi connectivity index (χ1n) is 6.29. The Hall–Kier alpha value is -2.07. The number of hydrogen-bond donors (Lipinski definition) is 1. The Balaban J connectivity index is 2.34. The quantitative estimate of drug-likeness (QED) is 0.880. The van der Waals surface area contributed by atoms with Crippen molar-refractivity contribution in [2.75, 3.05) is 5.75 Å². The molecule has 3 rings (SSSR count). The molecule has 1 aliphatic rings. The van der Waals surface area contributed by atoms with Gasteiger partial charge in [0.15, 0.2) is 9.84 Å². The van der Waals surface area contributed by atoms with Crippen LogP contribution in [0.5, 0.6) is 0 Å². The first-order valence-corrected chi connectivity index (χ1v) is 8.01. The molecule has 102 valence electrons. The zero-order valence-corrected chi connectivity index (χ0v) is 11.6. The van der Waals surface area contributed by atoms with Gasteiger partial charge in [0, 0.05) is 0 Å². The first-order chi connectivity index (χ1) is 9.54. The van der Waals surface area contributed by atoms with Gasteiger partial charge in [-0.05, 0) is 28.0 Å². The molecule has 0 aromatic heterocycles. The van der Waals surface area contributed by atoms with E-state index < -0.39 is 15.1 Å². The lowest BCUT2D eigenvalue weighted by Crippen LogP contribution is -2.20. The molecule has 2 aromatic rings. The fraction of sp³-hybridized carbons (Fsp3) is 0.125. The van der Waals surface area contributed by atoms with Crippen LogP contribution in [0.2, 0.25) is 0 Å². The van der Waals surface area contributed by atoms with Crippen molar-refractivity contribution in [1.82, 2.24) is 0 Å². The molecule has 0 fully saturated rings. The third-order valence-corrected chi connectivity index (χ3v) is 5.45. The summed E-state index contributed by atoms with van der Waals surface area (Å²) in [6.07, 6.45) is 2.89. The second-order valence-corrected chi connectivity index (χ2v) is 6.99. The molecular formula is C16H14O3S. The molecule has 1 aliphatic carbocycles. The Kier molecular flexibility index (Phi) is 2.91. The van der Waals surface area contributed by atoms with Gasteiger partial charge in [0.05, 0.1) is 5.75 Å². The summed E-state index contributed by atoms with van der Waals surface area (Å²) in [5, 5.41) is 11.0. The summed E-state index contributed by atoms with van der Waals surface area (Å²) in [7, 11) is -3.51. The molecule has 2 aromatic carbocycles. The maximum Gasteiger partial charge on any atom is 0.168 e. The zero-order chi connectivity index (χ0) is 14.3. The third-order valence-electron chi connectivity index (χ3n) is 3.53. The van der Waals surface area contributed by atoms with Crippen LogP contribution >= 0.6 is 0 Å². The standard InChI is InChI=1S/C16H14O3S/c1-2-9-20(18,19)16-13-8-4-6-11-5-3-7-12(15(11)13)10-14(16)17/h2-8,10,16-17H,1,9H2. The number of rotatable bonds is 3. The van der Waals surface area contributed by atoms with Crippen LogP contribution in [0.15, 0.2) is 54.8 Å². The average molecular weight is 286 g/mol. The second-order valence-electron chi connectivity index (χ2n) is 4.86. The summed E-state index contributed by atoms with van der Waals surface area (Å²) in [5.74, 6) is -0.285. The largest absolute Gasteiger partial charge is 0.511 e. The smallest absolute Gasteiger partial charge is 0.168 e. The van der Waals surface area contributed by atoms with Gasteiger partial charge in [0.1, 0.15) is 11.0 Å². The summed E-state index contributed by atoms with van der Waals surface area (Å²) in [4.78, 5) is 0.